The topological polar surface area (TPSA) is 79.8 Å². The minimum atomic E-state index is -0.835. The first-order chi connectivity index (χ1) is 11.1. The van der Waals surface area contributed by atoms with Gasteiger partial charge in [-0.25, -0.2) is 5.43 Å². The Labute approximate surface area is 134 Å². The maximum absolute atomic E-state index is 11.8. The Bertz CT molecular complexity index is 724. The number of para-hydroxylation sites is 1. The van der Waals surface area contributed by atoms with Crippen molar-refractivity contribution in [1.82, 2.24) is 5.43 Å². The Morgan fingerprint density at radius 3 is 2.39 bits per heavy atom. The third kappa shape index (κ3) is 4.67. The normalized spacial score (nSPS) is 10.3. The molecule has 0 saturated carbocycles. The Balaban J connectivity index is 1.89. The van der Waals surface area contributed by atoms with Crippen LogP contribution < -0.4 is 15.5 Å². The number of carbonyl (C=O) groups is 2. The highest BCUT2D eigenvalue weighted by Crippen LogP contribution is 2.12. The predicted octanol–water partition coefficient (Wildman–Crippen LogP) is 2.09. The van der Waals surface area contributed by atoms with Crippen LogP contribution in [0.1, 0.15) is 11.1 Å². The Morgan fingerprint density at radius 2 is 1.74 bits per heavy atom. The Morgan fingerprint density at radius 1 is 1.04 bits per heavy atom. The number of carbonyl (C=O) groups excluding carboxylic acids is 2. The molecule has 0 spiro atoms. The van der Waals surface area contributed by atoms with E-state index in [9.17, 15) is 9.59 Å². The van der Waals surface area contributed by atoms with Crippen molar-refractivity contribution in [2.75, 3.05) is 12.4 Å². The van der Waals surface area contributed by atoms with Gasteiger partial charge in [0.15, 0.2) is 0 Å². The quantitative estimate of drug-likeness (QED) is 0.515. The van der Waals surface area contributed by atoms with Gasteiger partial charge in [-0.2, -0.15) is 5.10 Å². The van der Waals surface area contributed by atoms with Crippen LogP contribution in [-0.2, 0) is 9.59 Å². The van der Waals surface area contributed by atoms with E-state index in [4.69, 9.17) is 4.74 Å². The van der Waals surface area contributed by atoms with Crippen LogP contribution in [0.4, 0.5) is 5.69 Å². The molecule has 0 atom stereocenters. The van der Waals surface area contributed by atoms with Crippen LogP contribution in [0.2, 0.25) is 0 Å². The highest BCUT2D eigenvalue weighted by Gasteiger charge is 2.13. The summed E-state index contributed by atoms with van der Waals surface area (Å²) in [5.74, 6) is -0.881. The third-order valence-electron chi connectivity index (χ3n) is 3.10. The fraction of sp³-hybridized carbons (Fsp3) is 0.118. The lowest BCUT2D eigenvalue weighted by atomic mass is 10.2. The van der Waals surface area contributed by atoms with Gasteiger partial charge in [-0.05, 0) is 48.4 Å². The van der Waals surface area contributed by atoms with Crippen LogP contribution in [0.15, 0.2) is 53.6 Å². The number of rotatable bonds is 4. The number of nitrogens with one attached hydrogen (secondary N) is 2. The molecule has 0 aliphatic heterocycles. The molecule has 6 heteroatoms. The molecule has 0 unspecified atom stereocenters. The van der Waals surface area contributed by atoms with Crippen molar-refractivity contribution in [1.29, 1.82) is 0 Å². The third-order valence-corrected chi connectivity index (χ3v) is 3.10. The molecule has 23 heavy (non-hydrogen) atoms. The van der Waals surface area contributed by atoms with Crippen molar-refractivity contribution in [2.24, 2.45) is 5.10 Å². The molecular weight excluding hydrogens is 294 g/mol. The zero-order valence-corrected chi connectivity index (χ0v) is 12.9. The largest absolute Gasteiger partial charge is 0.497 e. The second-order valence-electron chi connectivity index (χ2n) is 4.74. The van der Waals surface area contributed by atoms with Gasteiger partial charge in [0.05, 0.1) is 13.3 Å². The van der Waals surface area contributed by atoms with E-state index in [-0.39, 0.29) is 0 Å². The Kier molecular flexibility index (Phi) is 5.46. The van der Waals surface area contributed by atoms with Crippen molar-refractivity contribution >= 4 is 23.7 Å². The van der Waals surface area contributed by atoms with E-state index >= 15 is 0 Å². The molecule has 0 fully saturated rings. The summed E-state index contributed by atoms with van der Waals surface area (Å²) in [6, 6.07) is 14.3. The summed E-state index contributed by atoms with van der Waals surface area (Å²) >= 11 is 0. The summed E-state index contributed by atoms with van der Waals surface area (Å²) in [5, 5.41) is 6.29. The Hall–Kier alpha value is -3.15. The van der Waals surface area contributed by atoms with Gasteiger partial charge in [0.25, 0.3) is 0 Å². The number of amides is 2. The first-order valence-electron chi connectivity index (χ1n) is 6.94. The van der Waals surface area contributed by atoms with Crippen LogP contribution in [-0.4, -0.2) is 25.1 Å². The van der Waals surface area contributed by atoms with E-state index in [1.807, 2.05) is 19.1 Å². The molecule has 0 aliphatic rings. The number of hydrogen-bond donors (Lipinski definition) is 2. The van der Waals surface area contributed by atoms with Crippen LogP contribution in [0, 0.1) is 6.92 Å². The van der Waals surface area contributed by atoms with Crippen LogP contribution in [0.3, 0.4) is 0 Å². The van der Waals surface area contributed by atoms with Gasteiger partial charge in [-0.15, -0.1) is 0 Å². The molecule has 2 N–H and O–H groups in total. The number of ether oxygens (including phenoxy) is 1. The molecule has 6 nitrogen and oxygen atoms in total. The highest BCUT2D eigenvalue weighted by atomic mass is 16.5. The van der Waals surface area contributed by atoms with Gasteiger partial charge in [0, 0.05) is 5.69 Å². The molecule has 2 aromatic carbocycles. The predicted molar refractivity (Wildman–Crippen MR) is 88.5 cm³/mol. The summed E-state index contributed by atoms with van der Waals surface area (Å²) in [5.41, 5.74) is 4.42. The van der Waals surface area contributed by atoms with Crippen molar-refractivity contribution in [3.63, 3.8) is 0 Å². The molecule has 0 saturated heterocycles. The minimum Gasteiger partial charge on any atom is -0.497 e. The van der Waals surface area contributed by atoms with E-state index in [1.165, 1.54) is 6.21 Å². The molecular formula is C17H17N3O3. The lowest BCUT2D eigenvalue weighted by Gasteiger charge is -2.06. The molecule has 0 heterocycles. The molecule has 0 bridgehead atoms. The number of hydrazone groups is 1. The summed E-state index contributed by atoms with van der Waals surface area (Å²) in [7, 11) is 1.58. The van der Waals surface area contributed by atoms with Gasteiger partial charge in [-0.3, -0.25) is 9.59 Å². The van der Waals surface area contributed by atoms with E-state index in [1.54, 1.807) is 43.5 Å². The number of aryl methyl sites for hydroxylation is 1. The molecule has 118 valence electrons. The standard InChI is InChI=1S/C17H17N3O3/c1-12-5-3-4-6-15(12)19-16(21)17(22)20-18-11-13-7-9-14(23-2)10-8-13/h3-11H,1-2H3,(H,19,21)(H,20,22). The molecule has 2 aromatic rings. The first-order valence-corrected chi connectivity index (χ1v) is 6.94. The number of hydrogen-bond acceptors (Lipinski definition) is 4. The average Bonchev–Trinajstić information content (AvgIpc) is 2.57. The SMILES string of the molecule is COc1ccc(C=NNC(=O)C(=O)Nc2ccccc2C)cc1. The highest BCUT2D eigenvalue weighted by molar-refractivity contribution is 6.39. The van der Waals surface area contributed by atoms with Gasteiger partial charge in [0.2, 0.25) is 0 Å². The number of methoxy groups -OCH3 is 1. The van der Waals surface area contributed by atoms with Gasteiger partial charge >= 0.3 is 11.8 Å². The minimum absolute atomic E-state index is 0.590. The van der Waals surface area contributed by atoms with Crippen LogP contribution in [0.5, 0.6) is 5.75 Å². The van der Waals surface area contributed by atoms with E-state index in [0.29, 0.717) is 5.69 Å². The number of anilines is 1. The lowest BCUT2D eigenvalue weighted by Crippen LogP contribution is -2.32. The molecule has 2 rings (SSSR count). The van der Waals surface area contributed by atoms with Crippen LogP contribution >= 0.6 is 0 Å². The number of benzene rings is 2. The van der Waals surface area contributed by atoms with Crippen LogP contribution in [0.25, 0.3) is 0 Å². The van der Waals surface area contributed by atoms with E-state index in [0.717, 1.165) is 16.9 Å². The maximum atomic E-state index is 11.8. The molecule has 0 aliphatic carbocycles. The fourth-order valence-corrected chi connectivity index (χ4v) is 1.80. The average molecular weight is 311 g/mol. The van der Waals surface area contributed by atoms with Gasteiger partial charge in [0.1, 0.15) is 5.75 Å². The summed E-state index contributed by atoms with van der Waals surface area (Å²) in [6.07, 6.45) is 1.44. The lowest BCUT2D eigenvalue weighted by molar-refractivity contribution is -0.136. The van der Waals surface area contributed by atoms with E-state index < -0.39 is 11.8 Å². The number of nitrogens with zero attached hydrogens (tertiary/aromatic N) is 1. The molecule has 0 aromatic heterocycles. The second-order valence-corrected chi connectivity index (χ2v) is 4.74. The summed E-state index contributed by atoms with van der Waals surface area (Å²) < 4.78 is 5.04. The molecule has 2 amide bonds. The molecule has 0 radical (unpaired) electrons. The van der Waals surface area contributed by atoms with Crippen molar-refractivity contribution in [2.45, 2.75) is 6.92 Å². The van der Waals surface area contributed by atoms with E-state index in [2.05, 4.69) is 15.8 Å². The second kappa shape index (κ2) is 7.74. The zero-order valence-electron chi connectivity index (χ0n) is 12.9. The summed E-state index contributed by atoms with van der Waals surface area (Å²) in [4.78, 5) is 23.5. The first kappa shape index (κ1) is 16.2. The van der Waals surface area contributed by atoms with Crippen molar-refractivity contribution in [3.8, 4) is 5.75 Å². The van der Waals surface area contributed by atoms with Crippen molar-refractivity contribution < 1.29 is 14.3 Å². The van der Waals surface area contributed by atoms with Gasteiger partial charge < -0.3 is 10.1 Å². The summed E-state index contributed by atoms with van der Waals surface area (Å²) in [6.45, 7) is 1.84. The smallest absolute Gasteiger partial charge is 0.329 e. The maximum Gasteiger partial charge on any atom is 0.329 e. The fourth-order valence-electron chi connectivity index (χ4n) is 1.80. The zero-order chi connectivity index (χ0) is 16.7. The van der Waals surface area contributed by atoms with Crippen molar-refractivity contribution in [3.05, 3.63) is 59.7 Å². The monoisotopic (exact) mass is 311 g/mol. The van der Waals surface area contributed by atoms with Gasteiger partial charge in [-0.1, -0.05) is 18.2 Å².